The van der Waals surface area contributed by atoms with E-state index in [1.165, 1.54) is 5.56 Å². The lowest BCUT2D eigenvalue weighted by molar-refractivity contribution is -0.0164. The number of ether oxygens (including phenoxy) is 1. The van der Waals surface area contributed by atoms with Crippen molar-refractivity contribution >= 4 is 15.9 Å². The van der Waals surface area contributed by atoms with Crippen molar-refractivity contribution in [2.75, 3.05) is 26.8 Å². The molecule has 0 saturated carbocycles. The molecule has 18 heavy (non-hydrogen) atoms. The van der Waals surface area contributed by atoms with Crippen LogP contribution in [0, 0.1) is 0 Å². The minimum atomic E-state index is 0.0908. The summed E-state index contributed by atoms with van der Waals surface area (Å²) in [4.78, 5) is 2.38. The van der Waals surface area contributed by atoms with E-state index in [1.54, 1.807) is 0 Å². The van der Waals surface area contributed by atoms with Crippen LogP contribution >= 0.6 is 15.9 Å². The first-order valence-electron chi connectivity index (χ1n) is 6.40. The fourth-order valence-electron chi connectivity index (χ4n) is 2.54. The summed E-state index contributed by atoms with van der Waals surface area (Å²) >= 11 is 3.61. The molecule has 1 aliphatic heterocycles. The molecule has 3 nitrogen and oxygen atoms in total. The summed E-state index contributed by atoms with van der Waals surface area (Å²) in [5.74, 6) is 0. The minimum Gasteiger partial charge on any atom is -0.381 e. The molecule has 0 atom stereocenters. The Balaban J connectivity index is 2.10. The van der Waals surface area contributed by atoms with E-state index in [0.717, 1.165) is 37.1 Å². The predicted molar refractivity (Wildman–Crippen MR) is 77.4 cm³/mol. The first-order valence-corrected chi connectivity index (χ1v) is 7.20. The summed E-state index contributed by atoms with van der Waals surface area (Å²) < 4.78 is 6.62. The first kappa shape index (κ1) is 14.0. The predicted octanol–water partition coefficient (Wildman–Crippen LogP) is 2.39. The van der Waals surface area contributed by atoms with Crippen molar-refractivity contribution in [3.05, 3.63) is 34.3 Å². The van der Waals surface area contributed by atoms with E-state index in [4.69, 9.17) is 10.5 Å². The molecule has 1 heterocycles. The lowest BCUT2D eigenvalue weighted by atomic mass is 9.88. The maximum absolute atomic E-state index is 6.02. The Morgan fingerprint density at radius 2 is 2.00 bits per heavy atom. The number of likely N-dealkylation sites (N-methyl/N-ethyl adjacent to an activating group) is 1. The molecule has 100 valence electrons. The highest BCUT2D eigenvalue weighted by Crippen LogP contribution is 2.28. The monoisotopic (exact) mass is 312 g/mol. The Hall–Kier alpha value is -0.420. The number of hydrogen-bond acceptors (Lipinski definition) is 3. The normalized spacial score (nSPS) is 19.1. The van der Waals surface area contributed by atoms with Crippen molar-refractivity contribution in [3.63, 3.8) is 0 Å². The van der Waals surface area contributed by atoms with Gasteiger partial charge in [-0.25, -0.2) is 0 Å². The fourth-order valence-corrected chi connectivity index (χ4v) is 2.95. The number of halogens is 1. The van der Waals surface area contributed by atoms with Gasteiger partial charge in [0.15, 0.2) is 0 Å². The van der Waals surface area contributed by atoms with E-state index in [-0.39, 0.29) is 5.54 Å². The van der Waals surface area contributed by atoms with Crippen LogP contribution in [-0.2, 0) is 11.3 Å². The van der Waals surface area contributed by atoms with Crippen LogP contribution in [0.3, 0.4) is 0 Å². The highest BCUT2D eigenvalue weighted by molar-refractivity contribution is 9.10. The Bertz CT molecular complexity index is 391. The molecule has 1 saturated heterocycles. The van der Waals surface area contributed by atoms with Crippen molar-refractivity contribution in [2.24, 2.45) is 5.73 Å². The maximum atomic E-state index is 6.02. The third-order valence-electron chi connectivity index (χ3n) is 3.98. The van der Waals surface area contributed by atoms with Crippen LogP contribution in [0.1, 0.15) is 18.4 Å². The third kappa shape index (κ3) is 2.94. The quantitative estimate of drug-likeness (QED) is 0.927. The highest BCUT2D eigenvalue weighted by Gasteiger charge is 2.35. The standard InChI is InChI=1S/C14H21BrN2O/c1-17(10-12-4-2-3-5-13(12)15)14(11-16)6-8-18-9-7-14/h2-5H,6-11,16H2,1H3. The molecule has 1 fully saturated rings. The molecule has 1 aromatic rings. The minimum absolute atomic E-state index is 0.0908. The number of hydrogen-bond donors (Lipinski definition) is 1. The topological polar surface area (TPSA) is 38.5 Å². The third-order valence-corrected chi connectivity index (χ3v) is 4.75. The second-order valence-electron chi connectivity index (χ2n) is 4.99. The van der Waals surface area contributed by atoms with Crippen LogP contribution in [0.15, 0.2) is 28.7 Å². The molecule has 0 spiro atoms. The molecule has 0 aliphatic carbocycles. The van der Waals surface area contributed by atoms with Gasteiger partial charge in [0.25, 0.3) is 0 Å². The Labute approximate surface area is 117 Å². The van der Waals surface area contributed by atoms with Gasteiger partial charge in [0.2, 0.25) is 0 Å². The van der Waals surface area contributed by atoms with Gasteiger partial charge in [-0.1, -0.05) is 34.1 Å². The van der Waals surface area contributed by atoms with Gasteiger partial charge in [-0.05, 0) is 31.5 Å². The second-order valence-corrected chi connectivity index (χ2v) is 5.84. The fraction of sp³-hybridized carbons (Fsp3) is 0.571. The van der Waals surface area contributed by atoms with Crippen LogP contribution in [0.25, 0.3) is 0 Å². The van der Waals surface area contributed by atoms with Gasteiger partial charge in [0.1, 0.15) is 0 Å². The van der Waals surface area contributed by atoms with E-state index >= 15 is 0 Å². The SMILES string of the molecule is CN(Cc1ccccc1Br)C1(CN)CCOCC1. The Morgan fingerprint density at radius 3 is 2.61 bits per heavy atom. The zero-order chi connectivity index (χ0) is 13.0. The number of nitrogens with zero attached hydrogens (tertiary/aromatic N) is 1. The maximum Gasteiger partial charge on any atom is 0.0484 e. The van der Waals surface area contributed by atoms with Gasteiger partial charge >= 0.3 is 0 Å². The number of nitrogens with two attached hydrogens (primary N) is 1. The van der Waals surface area contributed by atoms with E-state index in [2.05, 4.69) is 46.1 Å². The van der Waals surface area contributed by atoms with E-state index < -0.39 is 0 Å². The van der Waals surface area contributed by atoms with Crippen molar-refractivity contribution < 1.29 is 4.74 Å². The summed E-state index contributed by atoms with van der Waals surface area (Å²) in [5, 5.41) is 0. The van der Waals surface area contributed by atoms with E-state index in [9.17, 15) is 0 Å². The molecule has 1 aromatic carbocycles. The second kappa shape index (κ2) is 6.15. The van der Waals surface area contributed by atoms with E-state index in [0.29, 0.717) is 6.54 Å². The number of benzene rings is 1. The Morgan fingerprint density at radius 1 is 1.33 bits per heavy atom. The lowest BCUT2D eigenvalue weighted by Crippen LogP contribution is -2.54. The highest BCUT2D eigenvalue weighted by atomic mass is 79.9. The van der Waals surface area contributed by atoms with Gasteiger partial charge < -0.3 is 10.5 Å². The van der Waals surface area contributed by atoms with Crippen molar-refractivity contribution in [1.29, 1.82) is 0 Å². The lowest BCUT2D eigenvalue weighted by Gasteiger charge is -2.44. The molecule has 0 bridgehead atoms. The molecular formula is C14H21BrN2O. The summed E-state index contributed by atoms with van der Waals surface area (Å²) in [6, 6.07) is 8.36. The van der Waals surface area contributed by atoms with Gasteiger partial charge in [0, 0.05) is 36.3 Å². The Kier molecular flexibility index (Phi) is 4.78. The zero-order valence-electron chi connectivity index (χ0n) is 10.9. The van der Waals surface area contributed by atoms with E-state index in [1.807, 2.05) is 6.07 Å². The molecule has 0 unspecified atom stereocenters. The molecule has 1 aliphatic rings. The van der Waals surface area contributed by atoms with Crippen LogP contribution in [-0.4, -0.2) is 37.2 Å². The molecule has 4 heteroatoms. The van der Waals surface area contributed by atoms with Gasteiger partial charge in [0.05, 0.1) is 0 Å². The van der Waals surface area contributed by atoms with Gasteiger partial charge in [-0.15, -0.1) is 0 Å². The summed E-state index contributed by atoms with van der Waals surface area (Å²) in [6.07, 6.45) is 2.04. The van der Waals surface area contributed by atoms with Crippen LogP contribution in [0.4, 0.5) is 0 Å². The summed E-state index contributed by atoms with van der Waals surface area (Å²) in [5.41, 5.74) is 7.42. The van der Waals surface area contributed by atoms with Crippen molar-refractivity contribution in [1.82, 2.24) is 4.90 Å². The van der Waals surface area contributed by atoms with Gasteiger partial charge in [-0.3, -0.25) is 4.90 Å². The number of rotatable bonds is 4. The molecular weight excluding hydrogens is 292 g/mol. The average Bonchev–Trinajstić information content (AvgIpc) is 2.42. The van der Waals surface area contributed by atoms with Crippen LogP contribution in [0.5, 0.6) is 0 Å². The van der Waals surface area contributed by atoms with Crippen LogP contribution in [0.2, 0.25) is 0 Å². The summed E-state index contributed by atoms with van der Waals surface area (Å²) in [6.45, 7) is 3.24. The largest absolute Gasteiger partial charge is 0.381 e. The molecule has 0 radical (unpaired) electrons. The first-order chi connectivity index (χ1) is 8.68. The van der Waals surface area contributed by atoms with Crippen LogP contribution < -0.4 is 5.73 Å². The zero-order valence-corrected chi connectivity index (χ0v) is 12.4. The van der Waals surface area contributed by atoms with Crippen molar-refractivity contribution in [3.8, 4) is 0 Å². The molecule has 2 rings (SSSR count). The van der Waals surface area contributed by atoms with Crippen molar-refractivity contribution in [2.45, 2.75) is 24.9 Å². The summed E-state index contributed by atoms with van der Waals surface area (Å²) in [7, 11) is 2.16. The van der Waals surface area contributed by atoms with Gasteiger partial charge in [-0.2, -0.15) is 0 Å². The average molecular weight is 313 g/mol. The smallest absolute Gasteiger partial charge is 0.0484 e. The molecule has 0 amide bonds. The molecule has 0 aromatic heterocycles. The molecule has 2 N–H and O–H groups in total.